The van der Waals surface area contributed by atoms with E-state index in [0.29, 0.717) is 16.0 Å². The molecular weight excluding hydrogens is 340 g/mol. The fourth-order valence-corrected chi connectivity index (χ4v) is 2.29. The SMILES string of the molecule is O=C(OCc1ccc2c(c1)OCO2)c1cc(Br)ccc1O. The van der Waals surface area contributed by atoms with Crippen molar-refractivity contribution in [2.45, 2.75) is 6.61 Å². The Morgan fingerprint density at radius 3 is 2.86 bits per heavy atom. The molecule has 5 nitrogen and oxygen atoms in total. The van der Waals surface area contributed by atoms with Gasteiger partial charge >= 0.3 is 5.97 Å². The number of hydrogen-bond donors (Lipinski definition) is 1. The molecule has 3 rings (SSSR count). The Morgan fingerprint density at radius 2 is 2.00 bits per heavy atom. The van der Waals surface area contributed by atoms with Crippen LogP contribution in [0.2, 0.25) is 0 Å². The fourth-order valence-electron chi connectivity index (χ4n) is 1.93. The average molecular weight is 351 g/mol. The number of benzene rings is 2. The molecule has 0 atom stereocenters. The van der Waals surface area contributed by atoms with Crippen molar-refractivity contribution in [1.29, 1.82) is 0 Å². The summed E-state index contributed by atoms with van der Waals surface area (Å²) in [7, 11) is 0. The van der Waals surface area contributed by atoms with Crippen LogP contribution in [0.5, 0.6) is 17.2 Å². The number of ether oxygens (including phenoxy) is 3. The summed E-state index contributed by atoms with van der Waals surface area (Å²) in [5.41, 5.74) is 0.896. The minimum absolute atomic E-state index is 0.0847. The van der Waals surface area contributed by atoms with Gasteiger partial charge in [-0.3, -0.25) is 0 Å². The first kappa shape index (κ1) is 13.8. The highest BCUT2D eigenvalue weighted by molar-refractivity contribution is 9.10. The summed E-state index contributed by atoms with van der Waals surface area (Å²) < 4.78 is 16.3. The monoisotopic (exact) mass is 350 g/mol. The minimum Gasteiger partial charge on any atom is -0.507 e. The Morgan fingerprint density at radius 1 is 1.19 bits per heavy atom. The molecule has 0 saturated heterocycles. The molecule has 6 heteroatoms. The number of carbonyl (C=O) groups is 1. The highest BCUT2D eigenvalue weighted by Gasteiger charge is 2.16. The van der Waals surface area contributed by atoms with Crippen molar-refractivity contribution in [3.05, 3.63) is 52.0 Å². The minimum atomic E-state index is -0.591. The number of halogens is 1. The molecule has 0 radical (unpaired) electrons. The van der Waals surface area contributed by atoms with E-state index >= 15 is 0 Å². The van der Waals surface area contributed by atoms with Crippen molar-refractivity contribution in [2.24, 2.45) is 0 Å². The predicted octanol–water partition coefficient (Wildman–Crippen LogP) is 3.24. The summed E-state index contributed by atoms with van der Waals surface area (Å²) in [4.78, 5) is 12.0. The van der Waals surface area contributed by atoms with Crippen LogP contribution in [0.25, 0.3) is 0 Å². The van der Waals surface area contributed by atoms with Gasteiger partial charge in [-0.2, -0.15) is 0 Å². The Kier molecular flexibility index (Phi) is 3.70. The van der Waals surface area contributed by atoms with E-state index in [-0.39, 0.29) is 24.7 Å². The number of aromatic hydroxyl groups is 1. The Bertz CT molecular complexity index is 698. The molecule has 0 aromatic heterocycles. The summed E-state index contributed by atoms with van der Waals surface area (Å²) in [6.07, 6.45) is 0. The molecule has 1 N–H and O–H groups in total. The van der Waals surface area contributed by atoms with Crippen LogP contribution in [0.15, 0.2) is 40.9 Å². The molecular formula is C15H11BrO5. The largest absolute Gasteiger partial charge is 0.507 e. The van der Waals surface area contributed by atoms with Crippen LogP contribution in [0.4, 0.5) is 0 Å². The molecule has 0 amide bonds. The number of esters is 1. The third-order valence-electron chi connectivity index (χ3n) is 2.99. The van der Waals surface area contributed by atoms with Crippen LogP contribution in [0.3, 0.4) is 0 Å². The lowest BCUT2D eigenvalue weighted by Crippen LogP contribution is -2.05. The number of phenols is 1. The average Bonchev–Trinajstić information content (AvgIpc) is 2.94. The van der Waals surface area contributed by atoms with Crippen molar-refractivity contribution < 1.29 is 24.1 Å². The molecule has 0 aliphatic carbocycles. The van der Waals surface area contributed by atoms with E-state index in [0.717, 1.165) is 5.56 Å². The van der Waals surface area contributed by atoms with Gasteiger partial charge in [-0.25, -0.2) is 4.79 Å². The highest BCUT2D eigenvalue weighted by Crippen LogP contribution is 2.32. The van der Waals surface area contributed by atoms with Gasteiger partial charge in [0.25, 0.3) is 0 Å². The number of carbonyl (C=O) groups excluding carboxylic acids is 1. The maximum absolute atomic E-state index is 12.0. The van der Waals surface area contributed by atoms with Crippen LogP contribution >= 0.6 is 15.9 Å². The van der Waals surface area contributed by atoms with Gasteiger partial charge in [0.2, 0.25) is 6.79 Å². The number of rotatable bonds is 3. The van der Waals surface area contributed by atoms with Gasteiger partial charge < -0.3 is 19.3 Å². The van der Waals surface area contributed by atoms with Crippen LogP contribution in [0.1, 0.15) is 15.9 Å². The van der Waals surface area contributed by atoms with Crippen molar-refractivity contribution in [1.82, 2.24) is 0 Å². The van der Waals surface area contributed by atoms with Crippen molar-refractivity contribution in [2.75, 3.05) is 6.79 Å². The van der Waals surface area contributed by atoms with Crippen molar-refractivity contribution in [3.63, 3.8) is 0 Å². The van der Waals surface area contributed by atoms with E-state index in [1.165, 1.54) is 12.1 Å². The lowest BCUT2D eigenvalue weighted by atomic mass is 10.2. The molecule has 108 valence electrons. The maximum atomic E-state index is 12.0. The van der Waals surface area contributed by atoms with Gasteiger partial charge in [-0.15, -0.1) is 0 Å². The second-order valence-electron chi connectivity index (χ2n) is 4.43. The van der Waals surface area contributed by atoms with Gasteiger partial charge in [-0.1, -0.05) is 22.0 Å². The zero-order valence-electron chi connectivity index (χ0n) is 10.8. The summed E-state index contributed by atoms with van der Waals surface area (Å²) in [5.74, 6) is 0.601. The third kappa shape index (κ3) is 2.95. The van der Waals surface area contributed by atoms with Gasteiger partial charge in [0.15, 0.2) is 11.5 Å². The molecule has 0 saturated carbocycles. The summed E-state index contributed by atoms with van der Waals surface area (Å²) in [6.45, 7) is 0.284. The highest BCUT2D eigenvalue weighted by atomic mass is 79.9. The lowest BCUT2D eigenvalue weighted by molar-refractivity contribution is 0.0469. The molecule has 0 fully saturated rings. The van der Waals surface area contributed by atoms with E-state index in [9.17, 15) is 9.90 Å². The van der Waals surface area contributed by atoms with E-state index in [4.69, 9.17) is 14.2 Å². The quantitative estimate of drug-likeness (QED) is 0.860. The smallest absolute Gasteiger partial charge is 0.342 e. The fraction of sp³-hybridized carbons (Fsp3) is 0.133. The van der Waals surface area contributed by atoms with Crippen molar-refractivity contribution >= 4 is 21.9 Å². The van der Waals surface area contributed by atoms with E-state index in [1.54, 1.807) is 24.3 Å². The molecule has 1 aliphatic heterocycles. The summed E-state index contributed by atoms with van der Waals surface area (Å²) in [5, 5.41) is 9.67. The Hall–Kier alpha value is -2.21. The topological polar surface area (TPSA) is 65.0 Å². The lowest BCUT2D eigenvalue weighted by Gasteiger charge is -2.07. The maximum Gasteiger partial charge on any atom is 0.342 e. The summed E-state index contributed by atoms with van der Waals surface area (Å²) >= 11 is 3.25. The molecule has 0 unspecified atom stereocenters. The van der Waals surface area contributed by atoms with Crippen LogP contribution in [-0.2, 0) is 11.3 Å². The van der Waals surface area contributed by atoms with E-state index in [2.05, 4.69) is 15.9 Å². The van der Waals surface area contributed by atoms with E-state index in [1.807, 2.05) is 0 Å². The normalized spacial score (nSPS) is 12.2. The standard InChI is InChI=1S/C15H11BrO5/c16-10-2-3-12(17)11(6-10)15(18)19-7-9-1-4-13-14(5-9)21-8-20-13/h1-6,17H,7-8H2. The van der Waals surface area contributed by atoms with Gasteiger partial charge in [0, 0.05) is 4.47 Å². The molecule has 2 aromatic carbocycles. The molecule has 1 aliphatic rings. The zero-order chi connectivity index (χ0) is 14.8. The molecule has 1 heterocycles. The third-order valence-corrected chi connectivity index (χ3v) is 3.48. The first-order valence-electron chi connectivity index (χ1n) is 6.17. The van der Waals surface area contributed by atoms with Gasteiger partial charge in [0.1, 0.15) is 17.9 Å². The zero-order valence-corrected chi connectivity index (χ0v) is 12.4. The predicted molar refractivity (Wildman–Crippen MR) is 77.5 cm³/mol. The van der Waals surface area contributed by atoms with Gasteiger partial charge in [0.05, 0.1) is 0 Å². The van der Waals surface area contributed by atoms with Gasteiger partial charge in [-0.05, 0) is 35.9 Å². The molecule has 0 spiro atoms. The second-order valence-corrected chi connectivity index (χ2v) is 5.34. The molecule has 0 bridgehead atoms. The molecule has 2 aromatic rings. The first-order valence-corrected chi connectivity index (χ1v) is 6.97. The van der Waals surface area contributed by atoms with Crippen molar-refractivity contribution in [3.8, 4) is 17.2 Å². The molecule has 21 heavy (non-hydrogen) atoms. The Balaban J connectivity index is 1.70. The van der Waals surface area contributed by atoms with Crippen LogP contribution < -0.4 is 9.47 Å². The van der Waals surface area contributed by atoms with Crippen LogP contribution in [0, 0.1) is 0 Å². The first-order chi connectivity index (χ1) is 10.1. The summed E-state index contributed by atoms with van der Waals surface area (Å²) in [6, 6.07) is 9.91. The number of hydrogen-bond acceptors (Lipinski definition) is 5. The number of phenolic OH excluding ortho intramolecular Hbond substituents is 1. The Labute approximate surface area is 129 Å². The second kappa shape index (κ2) is 5.65. The van der Waals surface area contributed by atoms with Crippen LogP contribution in [-0.4, -0.2) is 17.9 Å². The van der Waals surface area contributed by atoms with E-state index < -0.39 is 5.97 Å². The number of fused-ring (bicyclic) bond motifs is 1.